The molecule has 72 valence electrons. The first-order chi connectivity index (χ1) is 6.66. The molecule has 14 heavy (non-hydrogen) atoms. The lowest BCUT2D eigenvalue weighted by atomic mass is 10.2. The lowest BCUT2D eigenvalue weighted by Gasteiger charge is -1.98. The van der Waals surface area contributed by atoms with E-state index in [1.165, 1.54) is 12.1 Å². The largest absolute Gasteiger partial charge is 0.421 e. The van der Waals surface area contributed by atoms with E-state index in [2.05, 4.69) is 26.1 Å². The number of halogens is 2. The molecule has 0 atom stereocenters. The van der Waals surface area contributed by atoms with Gasteiger partial charge in [-0.3, -0.25) is 0 Å². The maximum atomic E-state index is 12.9. The zero-order valence-corrected chi connectivity index (χ0v) is 8.88. The van der Waals surface area contributed by atoms with E-state index in [0.29, 0.717) is 17.3 Å². The lowest BCUT2D eigenvalue weighted by molar-refractivity contribution is 0.531. The Hall–Kier alpha value is -1.23. The van der Waals surface area contributed by atoms with Crippen molar-refractivity contribution in [3.8, 4) is 11.5 Å². The SMILES string of the molecule is Cc1nnc(-c2cc(F)ccc2Br)o1. The second kappa shape index (κ2) is 3.49. The second-order valence-corrected chi connectivity index (χ2v) is 3.60. The zero-order chi connectivity index (χ0) is 10.1. The monoisotopic (exact) mass is 256 g/mol. The molecule has 0 aliphatic heterocycles. The van der Waals surface area contributed by atoms with Gasteiger partial charge >= 0.3 is 0 Å². The van der Waals surface area contributed by atoms with Crippen molar-refractivity contribution >= 4 is 15.9 Å². The molecule has 3 nitrogen and oxygen atoms in total. The van der Waals surface area contributed by atoms with Gasteiger partial charge in [-0.15, -0.1) is 10.2 Å². The van der Waals surface area contributed by atoms with Gasteiger partial charge in [0.1, 0.15) is 5.82 Å². The predicted octanol–water partition coefficient (Wildman–Crippen LogP) is 2.95. The fraction of sp³-hybridized carbons (Fsp3) is 0.111. The van der Waals surface area contributed by atoms with Gasteiger partial charge in [-0.05, 0) is 34.1 Å². The number of hydrogen-bond donors (Lipinski definition) is 0. The smallest absolute Gasteiger partial charge is 0.248 e. The number of hydrogen-bond acceptors (Lipinski definition) is 3. The molecule has 0 bridgehead atoms. The summed E-state index contributed by atoms with van der Waals surface area (Å²) in [6.45, 7) is 1.68. The van der Waals surface area contributed by atoms with Crippen LogP contribution in [0.1, 0.15) is 5.89 Å². The van der Waals surface area contributed by atoms with E-state index in [0.717, 1.165) is 4.47 Å². The number of rotatable bonds is 1. The van der Waals surface area contributed by atoms with Crippen molar-refractivity contribution in [1.82, 2.24) is 10.2 Å². The maximum Gasteiger partial charge on any atom is 0.248 e. The first-order valence-corrected chi connectivity index (χ1v) is 4.71. The molecule has 0 fully saturated rings. The van der Waals surface area contributed by atoms with Gasteiger partial charge in [-0.25, -0.2) is 4.39 Å². The van der Waals surface area contributed by atoms with Gasteiger partial charge in [-0.1, -0.05) is 0 Å². The summed E-state index contributed by atoms with van der Waals surface area (Å²) in [5, 5.41) is 7.48. The Kier molecular flexibility index (Phi) is 2.33. The van der Waals surface area contributed by atoms with Crippen LogP contribution in [-0.4, -0.2) is 10.2 Å². The van der Waals surface area contributed by atoms with Crippen molar-refractivity contribution < 1.29 is 8.81 Å². The Labute approximate surface area is 88.1 Å². The fourth-order valence-corrected chi connectivity index (χ4v) is 1.48. The standard InChI is InChI=1S/C9H6BrFN2O/c1-5-12-13-9(14-5)7-4-6(11)2-3-8(7)10/h2-4H,1H3. The van der Waals surface area contributed by atoms with E-state index in [9.17, 15) is 4.39 Å². The Bertz CT molecular complexity index is 470. The zero-order valence-electron chi connectivity index (χ0n) is 7.29. The quantitative estimate of drug-likeness (QED) is 0.788. The van der Waals surface area contributed by atoms with Crippen molar-refractivity contribution in [3.05, 3.63) is 34.4 Å². The summed E-state index contributed by atoms with van der Waals surface area (Å²) in [5.41, 5.74) is 0.561. The van der Waals surface area contributed by atoms with Crippen molar-refractivity contribution in [2.45, 2.75) is 6.92 Å². The predicted molar refractivity (Wildman–Crippen MR) is 52.1 cm³/mol. The van der Waals surface area contributed by atoms with E-state index < -0.39 is 0 Å². The summed E-state index contributed by atoms with van der Waals surface area (Å²) in [4.78, 5) is 0. The molecule has 0 aliphatic carbocycles. The minimum absolute atomic E-state index is 0.314. The van der Waals surface area contributed by atoms with Crippen LogP contribution in [0, 0.1) is 12.7 Å². The molecule has 0 spiro atoms. The lowest BCUT2D eigenvalue weighted by Crippen LogP contribution is -1.82. The molecule has 1 aromatic heterocycles. The average Bonchev–Trinajstić information content (AvgIpc) is 2.56. The highest BCUT2D eigenvalue weighted by Gasteiger charge is 2.10. The number of nitrogens with zero attached hydrogens (tertiary/aromatic N) is 2. The molecule has 0 saturated carbocycles. The highest BCUT2D eigenvalue weighted by atomic mass is 79.9. The van der Waals surface area contributed by atoms with E-state index in [-0.39, 0.29) is 5.82 Å². The number of aromatic nitrogens is 2. The van der Waals surface area contributed by atoms with Crippen LogP contribution in [-0.2, 0) is 0 Å². The normalized spacial score (nSPS) is 10.5. The van der Waals surface area contributed by atoms with Crippen LogP contribution in [0.5, 0.6) is 0 Å². The Morgan fingerprint density at radius 1 is 1.36 bits per heavy atom. The molecule has 0 radical (unpaired) electrons. The first kappa shape index (κ1) is 9.33. The third-order valence-electron chi connectivity index (χ3n) is 1.68. The summed E-state index contributed by atoms with van der Waals surface area (Å²) < 4.78 is 18.8. The van der Waals surface area contributed by atoms with Crippen LogP contribution in [0.15, 0.2) is 27.1 Å². The summed E-state index contributed by atoms with van der Waals surface area (Å²) in [6, 6.07) is 4.30. The summed E-state index contributed by atoms with van der Waals surface area (Å²) in [7, 11) is 0. The van der Waals surface area contributed by atoms with Crippen LogP contribution in [0.4, 0.5) is 4.39 Å². The van der Waals surface area contributed by atoms with E-state index in [4.69, 9.17) is 4.42 Å². The Balaban J connectivity index is 2.55. The molecule has 5 heteroatoms. The average molecular weight is 257 g/mol. The van der Waals surface area contributed by atoms with Crippen molar-refractivity contribution in [2.24, 2.45) is 0 Å². The fourth-order valence-electron chi connectivity index (χ4n) is 1.07. The van der Waals surface area contributed by atoms with Crippen LogP contribution >= 0.6 is 15.9 Å². The molecule has 1 heterocycles. The minimum Gasteiger partial charge on any atom is -0.421 e. The van der Waals surface area contributed by atoms with Crippen molar-refractivity contribution in [1.29, 1.82) is 0 Å². The minimum atomic E-state index is -0.334. The van der Waals surface area contributed by atoms with Gasteiger partial charge in [0.2, 0.25) is 11.8 Å². The van der Waals surface area contributed by atoms with Gasteiger partial charge in [-0.2, -0.15) is 0 Å². The number of aryl methyl sites for hydroxylation is 1. The van der Waals surface area contributed by atoms with Crippen LogP contribution in [0.3, 0.4) is 0 Å². The molecule has 0 unspecified atom stereocenters. The summed E-state index contributed by atoms with van der Waals surface area (Å²) in [5.74, 6) is 0.434. The Morgan fingerprint density at radius 3 is 2.79 bits per heavy atom. The third-order valence-corrected chi connectivity index (χ3v) is 2.38. The third kappa shape index (κ3) is 1.68. The topological polar surface area (TPSA) is 38.9 Å². The van der Waals surface area contributed by atoms with E-state index >= 15 is 0 Å². The van der Waals surface area contributed by atoms with E-state index in [1.54, 1.807) is 13.0 Å². The van der Waals surface area contributed by atoms with E-state index in [1.807, 2.05) is 0 Å². The van der Waals surface area contributed by atoms with Gasteiger partial charge in [0.15, 0.2) is 0 Å². The molecular weight excluding hydrogens is 251 g/mol. The van der Waals surface area contributed by atoms with Crippen LogP contribution in [0.25, 0.3) is 11.5 Å². The van der Waals surface area contributed by atoms with Crippen molar-refractivity contribution in [3.63, 3.8) is 0 Å². The van der Waals surface area contributed by atoms with Crippen LogP contribution in [0.2, 0.25) is 0 Å². The number of benzene rings is 1. The molecule has 2 aromatic rings. The van der Waals surface area contributed by atoms with Gasteiger partial charge in [0.05, 0.1) is 5.56 Å². The Morgan fingerprint density at radius 2 is 2.14 bits per heavy atom. The molecule has 1 aromatic carbocycles. The first-order valence-electron chi connectivity index (χ1n) is 3.92. The molecule has 2 rings (SSSR count). The summed E-state index contributed by atoms with van der Waals surface area (Å²) in [6.07, 6.45) is 0. The van der Waals surface area contributed by atoms with Gasteiger partial charge < -0.3 is 4.42 Å². The van der Waals surface area contributed by atoms with Gasteiger partial charge in [0, 0.05) is 11.4 Å². The molecule has 0 amide bonds. The maximum absolute atomic E-state index is 12.9. The van der Waals surface area contributed by atoms with Crippen molar-refractivity contribution in [2.75, 3.05) is 0 Å². The summed E-state index contributed by atoms with van der Waals surface area (Å²) >= 11 is 3.28. The second-order valence-electron chi connectivity index (χ2n) is 2.75. The molecule has 0 saturated heterocycles. The molecule has 0 aliphatic rings. The van der Waals surface area contributed by atoms with Crippen LogP contribution < -0.4 is 0 Å². The molecular formula is C9H6BrFN2O. The highest BCUT2D eigenvalue weighted by Crippen LogP contribution is 2.27. The molecule has 0 N–H and O–H groups in total. The van der Waals surface area contributed by atoms with Gasteiger partial charge in [0.25, 0.3) is 0 Å². The highest BCUT2D eigenvalue weighted by molar-refractivity contribution is 9.10.